The summed E-state index contributed by atoms with van der Waals surface area (Å²) in [7, 11) is 0. The number of aryl methyl sites for hydroxylation is 1. The van der Waals surface area contributed by atoms with Crippen LogP contribution in [-0.4, -0.2) is 50.6 Å². The van der Waals surface area contributed by atoms with Crippen LogP contribution in [0.2, 0.25) is 0 Å². The fourth-order valence-corrected chi connectivity index (χ4v) is 4.45. The summed E-state index contributed by atoms with van der Waals surface area (Å²) in [5.74, 6) is -0.355. The third-order valence-electron chi connectivity index (χ3n) is 6.12. The van der Waals surface area contributed by atoms with Crippen molar-refractivity contribution in [3.63, 3.8) is 0 Å². The average Bonchev–Trinajstić information content (AvgIpc) is 3.60. The van der Waals surface area contributed by atoms with Crippen LogP contribution in [-0.2, 0) is 4.79 Å². The molecular formula is C27H25FN10O. The summed E-state index contributed by atoms with van der Waals surface area (Å²) >= 11 is 0. The number of amides is 1. The molecule has 0 bridgehead atoms. The van der Waals surface area contributed by atoms with Gasteiger partial charge in [0.15, 0.2) is 11.6 Å². The minimum atomic E-state index is -0.583. The van der Waals surface area contributed by atoms with Gasteiger partial charge in [-0.3, -0.25) is 24.8 Å². The number of hydrogen-bond donors (Lipinski definition) is 3. The number of aromatic amines is 2. The molecule has 39 heavy (non-hydrogen) atoms. The van der Waals surface area contributed by atoms with Gasteiger partial charge in [-0.2, -0.15) is 5.10 Å². The Bertz CT molecular complexity index is 1860. The van der Waals surface area contributed by atoms with E-state index >= 15 is 4.39 Å². The van der Waals surface area contributed by atoms with Crippen LogP contribution in [0.25, 0.3) is 50.4 Å². The first-order valence-corrected chi connectivity index (χ1v) is 12.3. The average molecular weight is 525 g/mol. The van der Waals surface area contributed by atoms with Crippen LogP contribution in [0.5, 0.6) is 0 Å². The van der Waals surface area contributed by atoms with Crippen molar-refractivity contribution in [2.75, 3.05) is 5.32 Å². The molecule has 0 aromatic carbocycles. The molecule has 6 heterocycles. The molecule has 0 atom stereocenters. The van der Waals surface area contributed by atoms with Crippen LogP contribution >= 0.6 is 0 Å². The van der Waals surface area contributed by atoms with E-state index in [0.717, 1.165) is 11.4 Å². The number of H-pyrrole nitrogens is 2. The van der Waals surface area contributed by atoms with Crippen LogP contribution in [0.15, 0.2) is 49.6 Å². The maximum absolute atomic E-state index is 16.0. The van der Waals surface area contributed by atoms with Gasteiger partial charge in [0.05, 0.1) is 64.6 Å². The minimum absolute atomic E-state index is 0.0805. The molecule has 1 amide bonds. The third-order valence-corrected chi connectivity index (χ3v) is 6.12. The summed E-state index contributed by atoms with van der Waals surface area (Å²) in [6.07, 6.45) is 11.8. The number of hydrogen-bond acceptors (Lipinski definition) is 7. The van der Waals surface area contributed by atoms with E-state index in [1.165, 1.54) is 18.6 Å². The number of fused-ring (bicyclic) bond motifs is 2. The Morgan fingerprint density at radius 1 is 1.05 bits per heavy atom. The number of carbonyl (C=O) groups excluding carboxylic acids is 1. The molecule has 0 saturated heterocycles. The zero-order valence-electron chi connectivity index (χ0n) is 21.7. The minimum Gasteiger partial charge on any atom is -0.335 e. The SMILES string of the molecule is Cc1cn(-c2cncc3[nH]c(-c4n[nH]c5cnc(-c6cncc(NC(=O)CC(C)(C)C)c6)c(F)c45)nc23)cn1. The molecule has 6 aromatic heterocycles. The highest BCUT2D eigenvalue weighted by molar-refractivity contribution is 5.96. The van der Waals surface area contributed by atoms with E-state index in [4.69, 9.17) is 4.98 Å². The van der Waals surface area contributed by atoms with Crippen molar-refractivity contribution >= 4 is 33.5 Å². The van der Waals surface area contributed by atoms with Crippen molar-refractivity contribution in [3.8, 4) is 28.5 Å². The molecule has 0 aliphatic rings. The van der Waals surface area contributed by atoms with E-state index in [2.05, 4.69) is 40.4 Å². The van der Waals surface area contributed by atoms with Crippen molar-refractivity contribution in [1.29, 1.82) is 0 Å². The van der Waals surface area contributed by atoms with Gasteiger partial charge in [0.25, 0.3) is 0 Å². The number of imidazole rings is 2. The van der Waals surface area contributed by atoms with Gasteiger partial charge in [0.2, 0.25) is 5.91 Å². The number of carbonyl (C=O) groups is 1. The summed E-state index contributed by atoms with van der Waals surface area (Å²) in [5, 5.41) is 10.3. The Balaban J connectivity index is 1.40. The van der Waals surface area contributed by atoms with E-state index in [-0.39, 0.29) is 22.4 Å². The molecule has 6 aromatic rings. The number of nitrogens with one attached hydrogen (secondary N) is 3. The monoisotopic (exact) mass is 524 g/mol. The first-order chi connectivity index (χ1) is 18.7. The van der Waals surface area contributed by atoms with Gasteiger partial charge in [0.1, 0.15) is 16.9 Å². The van der Waals surface area contributed by atoms with Crippen LogP contribution < -0.4 is 5.32 Å². The van der Waals surface area contributed by atoms with Gasteiger partial charge in [-0.05, 0) is 18.4 Å². The number of anilines is 1. The highest BCUT2D eigenvalue weighted by Gasteiger charge is 2.22. The molecule has 12 heteroatoms. The molecule has 0 radical (unpaired) electrons. The lowest BCUT2D eigenvalue weighted by Crippen LogP contribution is -2.19. The van der Waals surface area contributed by atoms with Gasteiger partial charge in [0, 0.05) is 24.4 Å². The second kappa shape index (κ2) is 9.08. The Kier molecular flexibility index (Phi) is 5.67. The highest BCUT2D eigenvalue weighted by Crippen LogP contribution is 2.33. The lowest BCUT2D eigenvalue weighted by atomic mass is 9.92. The van der Waals surface area contributed by atoms with Crippen LogP contribution in [0.4, 0.5) is 10.1 Å². The van der Waals surface area contributed by atoms with Crippen molar-refractivity contribution in [2.24, 2.45) is 5.41 Å². The van der Waals surface area contributed by atoms with Crippen LogP contribution in [0.1, 0.15) is 32.9 Å². The predicted octanol–water partition coefficient (Wildman–Crippen LogP) is 4.97. The summed E-state index contributed by atoms with van der Waals surface area (Å²) in [4.78, 5) is 37.4. The number of halogens is 1. The van der Waals surface area contributed by atoms with Gasteiger partial charge in [-0.25, -0.2) is 14.4 Å². The second-order valence-corrected chi connectivity index (χ2v) is 10.6. The number of nitrogens with zero attached hydrogens (tertiary/aromatic N) is 7. The fraction of sp³-hybridized carbons (Fsp3) is 0.222. The number of rotatable bonds is 5. The molecule has 0 spiro atoms. The van der Waals surface area contributed by atoms with E-state index in [1.54, 1.807) is 24.8 Å². The molecular weight excluding hydrogens is 499 g/mol. The molecule has 0 aliphatic heterocycles. The van der Waals surface area contributed by atoms with Crippen molar-refractivity contribution in [1.82, 2.24) is 44.7 Å². The van der Waals surface area contributed by atoms with Crippen LogP contribution in [0, 0.1) is 18.2 Å². The van der Waals surface area contributed by atoms with Gasteiger partial charge in [-0.1, -0.05) is 20.8 Å². The Morgan fingerprint density at radius 2 is 1.87 bits per heavy atom. The second-order valence-electron chi connectivity index (χ2n) is 10.6. The largest absolute Gasteiger partial charge is 0.335 e. The van der Waals surface area contributed by atoms with Crippen molar-refractivity contribution in [2.45, 2.75) is 34.1 Å². The topological polar surface area (TPSA) is 143 Å². The third kappa shape index (κ3) is 4.60. The quantitative estimate of drug-likeness (QED) is 0.289. The van der Waals surface area contributed by atoms with Crippen molar-refractivity contribution in [3.05, 3.63) is 61.1 Å². The summed E-state index contributed by atoms with van der Waals surface area (Å²) in [6.45, 7) is 7.85. The molecule has 0 aliphatic carbocycles. The van der Waals surface area contributed by atoms with Gasteiger partial charge >= 0.3 is 0 Å². The maximum Gasteiger partial charge on any atom is 0.224 e. The van der Waals surface area contributed by atoms with E-state index < -0.39 is 5.82 Å². The van der Waals surface area contributed by atoms with Crippen LogP contribution in [0.3, 0.4) is 0 Å². The van der Waals surface area contributed by atoms with Crippen molar-refractivity contribution < 1.29 is 9.18 Å². The summed E-state index contributed by atoms with van der Waals surface area (Å²) in [5.41, 5.74) is 4.41. The summed E-state index contributed by atoms with van der Waals surface area (Å²) < 4.78 is 17.9. The molecule has 11 nitrogen and oxygen atoms in total. The smallest absolute Gasteiger partial charge is 0.224 e. The zero-order chi connectivity index (χ0) is 27.3. The van der Waals surface area contributed by atoms with Gasteiger partial charge < -0.3 is 14.9 Å². The molecule has 6 rings (SSSR count). The number of pyridine rings is 3. The Hall–Kier alpha value is -5.00. The van der Waals surface area contributed by atoms with E-state index in [9.17, 15) is 4.79 Å². The first-order valence-electron chi connectivity index (χ1n) is 12.3. The molecule has 196 valence electrons. The fourth-order valence-electron chi connectivity index (χ4n) is 4.45. The van der Waals surface area contributed by atoms with E-state index in [0.29, 0.717) is 45.7 Å². The normalized spacial score (nSPS) is 11.9. The maximum atomic E-state index is 16.0. The van der Waals surface area contributed by atoms with E-state index in [1.807, 2.05) is 38.5 Å². The standard InChI is InChI=1S/C27H25FN10O/c1-14-12-38(13-32-14)19-11-30-9-18-24(19)35-26(34-18)25-21-17(36-37-25)10-31-23(22(21)28)15-5-16(8-29-7-15)33-20(39)6-27(2,3)4/h5,7-13H,6H2,1-4H3,(H,33,39)(H,34,35)(H,36,37). The highest BCUT2D eigenvalue weighted by atomic mass is 19.1. The predicted molar refractivity (Wildman–Crippen MR) is 145 cm³/mol. The molecule has 3 N–H and O–H groups in total. The lowest BCUT2D eigenvalue weighted by molar-refractivity contribution is -0.117. The first kappa shape index (κ1) is 24.3. The molecule has 0 fully saturated rings. The molecule has 0 saturated carbocycles. The molecule has 0 unspecified atom stereocenters. The summed E-state index contributed by atoms with van der Waals surface area (Å²) in [6, 6.07) is 1.65. The lowest BCUT2D eigenvalue weighted by Gasteiger charge is -2.17. The number of aromatic nitrogens is 9. The Morgan fingerprint density at radius 3 is 2.64 bits per heavy atom. The zero-order valence-corrected chi connectivity index (χ0v) is 21.7. The van der Waals surface area contributed by atoms with Gasteiger partial charge in [-0.15, -0.1) is 0 Å². The Labute approximate surface area is 222 Å².